The fraction of sp³-hybridized carbons (Fsp3) is 0.333. The summed E-state index contributed by atoms with van der Waals surface area (Å²) in [6, 6.07) is 3.33. The number of rotatable bonds is 5. The Bertz CT molecular complexity index is 806. The van der Waals surface area contributed by atoms with E-state index in [0.717, 1.165) is 12.8 Å². The minimum atomic E-state index is -1.18. The van der Waals surface area contributed by atoms with E-state index in [9.17, 15) is 14.4 Å². The SMILES string of the molecule is CC1=CC=C(C(N)=O)CC1(C(N)=O)c1ccc(NC(=O)C2CC2)nc1. The zero-order valence-corrected chi connectivity index (χ0v) is 13.9. The number of nitrogens with one attached hydrogen (secondary N) is 1. The van der Waals surface area contributed by atoms with Crippen LogP contribution in [-0.4, -0.2) is 22.7 Å². The first-order valence-electron chi connectivity index (χ1n) is 8.09. The van der Waals surface area contributed by atoms with Crippen molar-refractivity contribution in [2.45, 2.75) is 31.6 Å². The minimum Gasteiger partial charge on any atom is -0.369 e. The number of hydrogen-bond donors (Lipinski definition) is 3. The molecule has 1 aromatic heterocycles. The van der Waals surface area contributed by atoms with Crippen LogP contribution in [0.2, 0.25) is 0 Å². The van der Waals surface area contributed by atoms with E-state index >= 15 is 0 Å². The van der Waals surface area contributed by atoms with Crippen molar-refractivity contribution in [2.24, 2.45) is 17.4 Å². The maximum absolute atomic E-state index is 12.3. The van der Waals surface area contributed by atoms with Crippen molar-refractivity contribution in [3.8, 4) is 0 Å². The highest BCUT2D eigenvalue weighted by molar-refractivity contribution is 5.98. The Morgan fingerprint density at radius 3 is 2.44 bits per heavy atom. The topological polar surface area (TPSA) is 128 Å². The van der Waals surface area contributed by atoms with Crippen LogP contribution in [0.25, 0.3) is 0 Å². The lowest BCUT2D eigenvalue weighted by Crippen LogP contribution is -2.44. The van der Waals surface area contributed by atoms with Gasteiger partial charge in [0.2, 0.25) is 17.7 Å². The van der Waals surface area contributed by atoms with E-state index < -0.39 is 17.2 Å². The molecule has 7 nitrogen and oxygen atoms in total. The third kappa shape index (κ3) is 3.05. The van der Waals surface area contributed by atoms with Gasteiger partial charge in [0.05, 0.1) is 0 Å². The predicted molar refractivity (Wildman–Crippen MR) is 92.1 cm³/mol. The first kappa shape index (κ1) is 16.9. The number of nitrogens with two attached hydrogens (primary N) is 2. The average molecular weight is 340 g/mol. The first-order valence-corrected chi connectivity index (χ1v) is 8.09. The maximum atomic E-state index is 12.3. The Hall–Kier alpha value is -2.96. The summed E-state index contributed by atoms with van der Waals surface area (Å²) in [6.07, 6.45) is 6.69. The highest BCUT2D eigenvalue weighted by Gasteiger charge is 2.43. The van der Waals surface area contributed by atoms with Crippen LogP contribution in [0.15, 0.2) is 41.6 Å². The highest BCUT2D eigenvalue weighted by Crippen LogP contribution is 2.40. The molecule has 25 heavy (non-hydrogen) atoms. The van der Waals surface area contributed by atoms with Crippen molar-refractivity contribution in [3.05, 3.63) is 47.2 Å². The van der Waals surface area contributed by atoms with Crippen molar-refractivity contribution < 1.29 is 14.4 Å². The van der Waals surface area contributed by atoms with Gasteiger partial charge in [-0.1, -0.05) is 23.8 Å². The fourth-order valence-electron chi connectivity index (χ4n) is 3.07. The molecule has 1 fully saturated rings. The number of allylic oxidation sites excluding steroid dienone is 2. The van der Waals surface area contributed by atoms with E-state index in [1.54, 1.807) is 31.2 Å². The van der Waals surface area contributed by atoms with Gasteiger partial charge in [0.1, 0.15) is 11.2 Å². The molecule has 3 rings (SSSR count). The van der Waals surface area contributed by atoms with Crippen molar-refractivity contribution in [1.82, 2.24) is 4.98 Å². The lowest BCUT2D eigenvalue weighted by molar-refractivity contribution is -0.122. The van der Waals surface area contributed by atoms with Crippen LogP contribution in [0, 0.1) is 5.92 Å². The Morgan fingerprint density at radius 2 is 1.92 bits per heavy atom. The molecule has 0 bridgehead atoms. The van der Waals surface area contributed by atoms with Gasteiger partial charge in [-0.3, -0.25) is 14.4 Å². The average Bonchev–Trinajstić information content (AvgIpc) is 3.40. The van der Waals surface area contributed by atoms with Crippen LogP contribution in [0.1, 0.15) is 31.7 Å². The van der Waals surface area contributed by atoms with Gasteiger partial charge in [-0.15, -0.1) is 0 Å². The van der Waals surface area contributed by atoms with E-state index in [4.69, 9.17) is 11.5 Å². The number of primary amides is 2. The molecule has 2 aliphatic rings. The number of aromatic nitrogens is 1. The minimum absolute atomic E-state index is 0.0439. The lowest BCUT2D eigenvalue weighted by Gasteiger charge is -2.34. The molecule has 1 atom stereocenters. The summed E-state index contributed by atoms with van der Waals surface area (Å²) in [4.78, 5) is 39.9. The largest absolute Gasteiger partial charge is 0.369 e. The van der Waals surface area contributed by atoms with Gasteiger partial charge < -0.3 is 16.8 Å². The molecular formula is C18H20N4O3. The summed E-state index contributed by atoms with van der Waals surface area (Å²) >= 11 is 0. The van der Waals surface area contributed by atoms with Crippen molar-refractivity contribution >= 4 is 23.5 Å². The van der Waals surface area contributed by atoms with Gasteiger partial charge in [0, 0.05) is 24.1 Å². The normalized spacial score (nSPS) is 22.6. The molecule has 0 aliphatic heterocycles. The predicted octanol–water partition coefficient (Wildman–Crippen LogP) is 0.915. The second-order valence-corrected chi connectivity index (χ2v) is 6.55. The van der Waals surface area contributed by atoms with Gasteiger partial charge >= 0.3 is 0 Å². The van der Waals surface area contributed by atoms with Gasteiger partial charge in [0.15, 0.2) is 0 Å². The van der Waals surface area contributed by atoms with Crippen molar-refractivity contribution in [3.63, 3.8) is 0 Å². The zero-order valence-electron chi connectivity index (χ0n) is 13.9. The van der Waals surface area contributed by atoms with E-state index in [2.05, 4.69) is 10.3 Å². The van der Waals surface area contributed by atoms with Crippen LogP contribution in [0.3, 0.4) is 0 Å². The molecule has 3 amide bonds. The summed E-state index contributed by atoms with van der Waals surface area (Å²) in [5.41, 5.74) is 11.5. The summed E-state index contributed by atoms with van der Waals surface area (Å²) in [7, 11) is 0. The number of pyridine rings is 1. The second kappa shape index (κ2) is 6.16. The number of nitrogens with zero attached hydrogens (tertiary/aromatic N) is 1. The van der Waals surface area contributed by atoms with E-state index in [1.165, 1.54) is 6.20 Å². The van der Waals surface area contributed by atoms with Crippen LogP contribution in [-0.2, 0) is 19.8 Å². The maximum Gasteiger partial charge on any atom is 0.244 e. The third-order valence-corrected chi connectivity index (χ3v) is 4.86. The number of hydrogen-bond acceptors (Lipinski definition) is 4. The molecular weight excluding hydrogens is 320 g/mol. The number of amides is 3. The molecule has 0 saturated heterocycles. The molecule has 130 valence electrons. The lowest BCUT2D eigenvalue weighted by atomic mass is 9.68. The summed E-state index contributed by atoms with van der Waals surface area (Å²) in [6.45, 7) is 1.78. The van der Waals surface area contributed by atoms with Crippen LogP contribution < -0.4 is 16.8 Å². The van der Waals surface area contributed by atoms with E-state index in [1.807, 2.05) is 0 Å². The van der Waals surface area contributed by atoms with E-state index in [0.29, 0.717) is 22.5 Å². The molecule has 1 unspecified atom stereocenters. The smallest absolute Gasteiger partial charge is 0.244 e. The fourth-order valence-corrected chi connectivity index (χ4v) is 3.07. The van der Waals surface area contributed by atoms with Crippen LogP contribution >= 0.6 is 0 Å². The van der Waals surface area contributed by atoms with Gasteiger partial charge in [-0.05, 0) is 31.4 Å². The molecule has 1 saturated carbocycles. The molecule has 2 aliphatic carbocycles. The molecule has 0 radical (unpaired) electrons. The first-order chi connectivity index (χ1) is 11.8. The van der Waals surface area contributed by atoms with Crippen molar-refractivity contribution in [2.75, 3.05) is 5.32 Å². The summed E-state index contributed by atoms with van der Waals surface area (Å²) in [5, 5.41) is 2.75. The molecule has 7 heteroatoms. The summed E-state index contributed by atoms with van der Waals surface area (Å²) < 4.78 is 0. The van der Waals surface area contributed by atoms with Gasteiger partial charge in [0.25, 0.3) is 0 Å². The standard InChI is InChI=1S/C18H20N4O3/c1-10-2-3-12(15(19)23)8-18(10,17(20)25)13-6-7-14(21-9-13)22-16(24)11-4-5-11/h2-3,6-7,9,11H,4-5,8H2,1H3,(H2,19,23)(H2,20,25)(H,21,22,24). The number of carbonyl (C=O) groups is 3. The third-order valence-electron chi connectivity index (χ3n) is 4.86. The Morgan fingerprint density at radius 1 is 1.20 bits per heavy atom. The number of carbonyl (C=O) groups excluding carboxylic acids is 3. The molecule has 0 aromatic carbocycles. The Kier molecular flexibility index (Phi) is 4.16. The van der Waals surface area contributed by atoms with Crippen molar-refractivity contribution in [1.29, 1.82) is 0 Å². The highest BCUT2D eigenvalue weighted by atomic mass is 16.2. The zero-order chi connectivity index (χ0) is 18.2. The van der Waals surface area contributed by atoms with Crippen LogP contribution in [0.4, 0.5) is 5.82 Å². The monoisotopic (exact) mass is 340 g/mol. The van der Waals surface area contributed by atoms with E-state index in [-0.39, 0.29) is 18.2 Å². The quantitative estimate of drug-likeness (QED) is 0.736. The Labute approximate surface area is 145 Å². The second-order valence-electron chi connectivity index (χ2n) is 6.55. The molecule has 5 N–H and O–H groups in total. The Balaban J connectivity index is 1.92. The number of anilines is 1. The summed E-state index contributed by atoms with van der Waals surface area (Å²) in [5.74, 6) is -0.716. The van der Waals surface area contributed by atoms with Gasteiger partial charge in [-0.2, -0.15) is 0 Å². The molecule has 1 heterocycles. The van der Waals surface area contributed by atoms with Crippen LogP contribution in [0.5, 0.6) is 0 Å². The van der Waals surface area contributed by atoms with Gasteiger partial charge in [-0.25, -0.2) is 4.98 Å². The molecule has 1 aromatic rings. The molecule has 0 spiro atoms.